The van der Waals surface area contributed by atoms with Crippen LogP contribution in [0, 0.1) is 5.41 Å². The molecule has 1 aromatic heterocycles. The van der Waals surface area contributed by atoms with E-state index in [0.717, 1.165) is 23.2 Å². The largest absolute Gasteiger partial charge is 0.493 e. The Morgan fingerprint density at radius 3 is 2.71 bits per heavy atom. The lowest BCUT2D eigenvalue weighted by molar-refractivity contribution is -0.105. The van der Waals surface area contributed by atoms with Crippen molar-refractivity contribution in [3.05, 3.63) is 22.5 Å². The Kier molecular flexibility index (Phi) is 3.42. The first-order valence-corrected chi connectivity index (χ1v) is 7.25. The van der Waals surface area contributed by atoms with E-state index in [1.54, 1.807) is 14.2 Å². The molecule has 0 fully saturated rings. The summed E-state index contributed by atoms with van der Waals surface area (Å²) in [4.78, 5) is 11.2. The molecule has 0 bridgehead atoms. The Morgan fingerprint density at radius 2 is 2.05 bits per heavy atom. The van der Waals surface area contributed by atoms with Crippen LogP contribution in [0.15, 0.2) is 12.1 Å². The molecule has 0 saturated carbocycles. The minimum atomic E-state index is 0.426. The van der Waals surface area contributed by atoms with Crippen LogP contribution < -0.4 is 19.6 Å². The van der Waals surface area contributed by atoms with Crippen molar-refractivity contribution in [3.8, 4) is 22.8 Å². The van der Waals surface area contributed by atoms with E-state index in [2.05, 4.69) is 5.32 Å². The van der Waals surface area contributed by atoms with Gasteiger partial charge in [0.1, 0.15) is 5.00 Å². The van der Waals surface area contributed by atoms with E-state index < -0.39 is 0 Å². The Labute approximate surface area is 125 Å². The Balaban J connectivity index is 2.26. The number of aryl methyl sites for hydroxylation is 1. The predicted octanol–water partition coefficient (Wildman–Crippen LogP) is 1.84. The summed E-state index contributed by atoms with van der Waals surface area (Å²) in [6.07, 6.45) is 1.46. The van der Waals surface area contributed by atoms with Gasteiger partial charge in [0, 0.05) is 12.1 Å². The van der Waals surface area contributed by atoms with Crippen molar-refractivity contribution >= 4 is 22.7 Å². The van der Waals surface area contributed by atoms with Gasteiger partial charge in [0.15, 0.2) is 16.3 Å². The second-order valence-corrected chi connectivity index (χ2v) is 5.61. The second kappa shape index (κ2) is 5.25. The van der Waals surface area contributed by atoms with Gasteiger partial charge in [-0.2, -0.15) is 0 Å². The molecule has 0 saturated heterocycles. The average molecular weight is 305 g/mol. The van der Waals surface area contributed by atoms with E-state index in [0.29, 0.717) is 34.3 Å². The van der Waals surface area contributed by atoms with Crippen molar-refractivity contribution in [2.24, 2.45) is 0 Å². The van der Waals surface area contributed by atoms with Gasteiger partial charge in [-0.05, 0) is 24.1 Å². The lowest BCUT2D eigenvalue weighted by atomic mass is 9.97. The summed E-state index contributed by atoms with van der Waals surface area (Å²) >= 11 is 1.26. The molecular weight excluding hydrogens is 290 g/mol. The van der Waals surface area contributed by atoms with Gasteiger partial charge < -0.3 is 19.4 Å². The molecule has 7 heteroatoms. The van der Waals surface area contributed by atoms with Crippen LogP contribution in [0.5, 0.6) is 11.5 Å². The molecule has 110 valence electrons. The summed E-state index contributed by atoms with van der Waals surface area (Å²) < 4.78 is 12.6. The third-order valence-electron chi connectivity index (χ3n) is 3.59. The van der Waals surface area contributed by atoms with Crippen LogP contribution in [0.4, 0.5) is 5.00 Å². The van der Waals surface area contributed by atoms with Gasteiger partial charge >= 0.3 is 0 Å². The molecule has 2 aromatic rings. The number of anilines is 1. The van der Waals surface area contributed by atoms with Crippen molar-refractivity contribution in [2.45, 2.75) is 13.0 Å². The molecule has 0 radical (unpaired) electrons. The minimum absolute atomic E-state index is 0.426. The van der Waals surface area contributed by atoms with Gasteiger partial charge in [0.05, 0.1) is 19.9 Å². The Morgan fingerprint density at radius 1 is 1.33 bits per heavy atom. The number of carbonyl (C=O) groups is 1. The fourth-order valence-electron chi connectivity index (χ4n) is 2.64. The highest BCUT2D eigenvalue weighted by atomic mass is 32.1. The van der Waals surface area contributed by atoms with Gasteiger partial charge in [0.2, 0.25) is 6.41 Å². The zero-order chi connectivity index (χ0) is 15.0. The first kappa shape index (κ1) is 13.7. The fraction of sp³-hybridized carbons (Fsp3) is 0.286. The zero-order valence-corrected chi connectivity index (χ0v) is 12.5. The topological polar surface area (TPSA) is 76.3 Å². The number of thiazole rings is 1. The number of amides is 1. The van der Waals surface area contributed by atoms with Crippen LogP contribution in [-0.4, -0.2) is 25.2 Å². The summed E-state index contributed by atoms with van der Waals surface area (Å²) in [5.41, 5.74) is 2.96. The molecule has 1 aliphatic heterocycles. The molecule has 2 heterocycles. The number of carbonyl (C=O) groups excluding carboxylic acids is 1. The Bertz CT molecular complexity index is 764. The van der Waals surface area contributed by atoms with Gasteiger partial charge in [-0.25, -0.2) is 0 Å². The highest BCUT2D eigenvalue weighted by molar-refractivity contribution is 7.14. The highest BCUT2D eigenvalue weighted by Crippen LogP contribution is 2.41. The number of nitrogens with zero attached hydrogens (tertiary/aromatic N) is 1. The van der Waals surface area contributed by atoms with Crippen LogP contribution >= 0.6 is 11.3 Å². The molecule has 3 rings (SSSR count). The number of aromatic nitrogens is 1. The molecule has 1 amide bonds. The smallest absolute Gasteiger partial charge is 0.212 e. The molecule has 0 aliphatic carbocycles. The van der Waals surface area contributed by atoms with Crippen LogP contribution in [0.2, 0.25) is 0 Å². The van der Waals surface area contributed by atoms with Crippen molar-refractivity contribution in [1.82, 2.24) is 4.57 Å². The normalized spacial score (nSPS) is 12.3. The lowest BCUT2D eigenvalue weighted by Gasteiger charge is -2.21. The van der Waals surface area contributed by atoms with Crippen LogP contribution in [0.25, 0.3) is 11.3 Å². The van der Waals surface area contributed by atoms with E-state index in [1.165, 1.54) is 11.3 Å². The molecule has 21 heavy (non-hydrogen) atoms. The van der Waals surface area contributed by atoms with Crippen molar-refractivity contribution in [1.29, 1.82) is 5.41 Å². The summed E-state index contributed by atoms with van der Waals surface area (Å²) in [7, 11) is 3.20. The quantitative estimate of drug-likeness (QED) is 0.846. The van der Waals surface area contributed by atoms with Gasteiger partial charge in [-0.3, -0.25) is 10.2 Å². The number of hydrogen-bond acceptors (Lipinski definition) is 5. The molecule has 1 aromatic carbocycles. The first-order valence-electron chi connectivity index (χ1n) is 6.43. The van der Waals surface area contributed by atoms with E-state index in [4.69, 9.17) is 14.9 Å². The van der Waals surface area contributed by atoms with Crippen LogP contribution in [0.3, 0.4) is 0 Å². The fourth-order valence-corrected chi connectivity index (χ4v) is 3.55. The molecule has 1 aliphatic rings. The number of ether oxygens (including phenoxy) is 2. The third kappa shape index (κ3) is 2.09. The van der Waals surface area contributed by atoms with Gasteiger partial charge in [0.25, 0.3) is 0 Å². The van der Waals surface area contributed by atoms with Gasteiger partial charge in [-0.15, -0.1) is 0 Å². The van der Waals surface area contributed by atoms with E-state index in [9.17, 15) is 4.79 Å². The third-order valence-corrected chi connectivity index (χ3v) is 4.52. The number of methoxy groups -OCH3 is 2. The Hall–Kier alpha value is -2.28. The van der Waals surface area contributed by atoms with Crippen molar-refractivity contribution in [2.75, 3.05) is 19.5 Å². The SMILES string of the molecule is COc1cc2c(cc1OC)-c1c(NC=O)sc(=N)n1CC2. The average Bonchev–Trinajstić information content (AvgIpc) is 2.82. The molecule has 2 N–H and O–H groups in total. The van der Waals surface area contributed by atoms with Crippen molar-refractivity contribution < 1.29 is 14.3 Å². The lowest BCUT2D eigenvalue weighted by Crippen LogP contribution is -2.20. The number of fused-ring (bicyclic) bond motifs is 3. The summed E-state index contributed by atoms with van der Waals surface area (Å²) in [5, 5.41) is 11.4. The number of nitrogens with one attached hydrogen (secondary N) is 2. The van der Waals surface area contributed by atoms with Crippen LogP contribution in [0.1, 0.15) is 5.56 Å². The zero-order valence-electron chi connectivity index (χ0n) is 11.7. The molecule has 0 atom stereocenters. The molecule has 6 nitrogen and oxygen atoms in total. The number of rotatable bonds is 4. The summed E-state index contributed by atoms with van der Waals surface area (Å²) in [5.74, 6) is 1.33. The predicted molar refractivity (Wildman–Crippen MR) is 80.1 cm³/mol. The monoisotopic (exact) mass is 305 g/mol. The van der Waals surface area contributed by atoms with Gasteiger partial charge in [-0.1, -0.05) is 11.3 Å². The second-order valence-electron chi connectivity index (χ2n) is 4.61. The maximum atomic E-state index is 10.8. The number of benzene rings is 1. The van der Waals surface area contributed by atoms with Crippen LogP contribution in [-0.2, 0) is 17.8 Å². The first-order chi connectivity index (χ1) is 10.2. The highest BCUT2D eigenvalue weighted by Gasteiger charge is 2.24. The van der Waals surface area contributed by atoms with Crippen molar-refractivity contribution in [3.63, 3.8) is 0 Å². The maximum Gasteiger partial charge on any atom is 0.212 e. The molecular formula is C14H15N3O3S. The standard InChI is InChI=1S/C14H15N3O3S/c1-19-10-5-8-3-4-17-12(9(8)6-11(10)20-2)13(16-7-18)21-14(17)15/h5-7,15H,3-4H2,1-2H3,(H,16,18). The van der Waals surface area contributed by atoms with E-state index >= 15 is 0 Å². The number of hydrogen-bond donors (Lipinski definition) is 2. The summed E-state index contributed by atoms with van der Waals surface area (Å²) in [6, 6.07) is 3.87. The summed E-state index contributed by atoms with van der Waals surface area (Å²) in [6.45, 7) is 0.716. The van der Waals surface area contributed by atoms with E-state index in [1.807, 2.05) is 16.7 Å². The minimum Gasteiger partial charge on any atom is -0.493 e. The molecule has 0 unspecified atom stereocenters. The van der Waals surface area contributed by atoms with E-state index in [-0.39, 0.29) is 0 Å². The molecule has 0 spiro atoms. The maximum absolute atomic E-state index is 10.8.